The van der Waals surface area contributed by atoms with E-state index < -0.39 is 11.4 Å². The normalized spacial score (nSPS) is 12.4. The number of unbranched alkanes of at least 4 members (excludes halogenated alkanes) is 1. The van der Waals surface area contributed by atoms with E-state index in [0.717, 1.165) is 0 Å². The molecule has 0 saturated heterocycles. The van der Waals surface area contributed by atoms with Gasteiger partial charge in [-0.05, 0) is 6.42 Å². The van der Waals surface area contributed by atoms with Gasteiger partial charge in [-0.3, -0.25) is 8.37 Å². The minimum absolute atomic E-state index is 0.300. The lowest BCUT2D eigenvalue weighted by Gasteiger charge is -1.96. The predicted molar refractivity (Wildman–Crippen MR) is 36.0 cm³/mol. The maximum atomic E-state index is 10.4. The Hall–Kier alpha value is -0.440. The minimum Gasteiger partial charge on any atom is -0.272 e. The Morgan fingerprint density at radius 1 is 1.70 bits per heavy atom. The first-order valence-electron chi connectivity index (χ1n) is 2.77. The van der Waals surface area contributed by atoms with E-state index in [-0.39, 0.29) is 0 Å². The molecule has 0 spiro atoms. The molecule has 1 atom stereocenters. The Morgan fingerprint density at radius 2 is 2.40 bits per heavy atom. The summed E-state index contributed by atoms with van der Waals surface area (Å²) >= 11 is -1.64. The summed E-state index contributed by atoms with van der Waals surface area (Å²) in [5.74, 6) is 0. The summed E-state index contributed by atoms with van der Waals surface area (Å²) in [6.45, 7) is 0.300. The Kier molecular flexibility index (Phi) is 6.38. The van der Waals surface area contributed by atoms with Crippen LogP contribution in [0, 0.1) is 11.3 Å². The fourth-order valence-electron chi connectivity index (χ4n) is 0.326. The van der Waals surface area contributed by atoms with Gasteiger partial charge in [-0.2, -0.15) is 9.47 Å². The van der Waals surface area contributed by atoms with E-state index in [1.165, 1.54) is 7.11 Å². The first kappa shape index (κ1) is 9.56. The van der Waals surface area contributed by atoms with Crippen LogP contribution in [0.4, 0.5) is 0 Å². The highest BCUT2D eigenvalue weighted by Crippen LogP contribution is 1.91. The molecule has 0 aliphatic rings. The van der Waals surface area contributed by atoms with Gasteiger partial charge in [0.15, 0.2) is 0 Å². The highest BCUT2D eigenvalue weighted by atomic mass is 32.2. The molecule has 0 amide bonds. The van der Waals surface area contributed by atoms with Gasteiger partial charge >= 0.3 is 11.4 Å². The molecule has 0 radical (unpaired) electrons. The highest BCUT2D eigenvalue weighted by Gasteiger charge is 1.94. The molecule has 0 aliphatic heterocycles. The number of nitrogens with zero attached hydrogens (tertiary/aromatic N) is 1. The van der Waals surface area contributed by atoms with E-state index in [2.05, 4.69) is 8.37 Å². The van der Waals surface area contributed by atoms with Crippen LogP contribution in [0.1, 0.15) is 12.8 Å². The Bertz CT molecular complexity index is 142. The Balaban J connectivity index is 3.05. The summed E-state index contributed by atoms with van der Waals surface area (Å²) in [4.78, 5) is 0. The molecule has 0 heterocycles. The largest absolute Gasteiger partial charge is 0.304 e. The van der Waals surface area contributed by atoms with Crippen molar-refractivity contribution >= 4 is 11.4 Å². The molecule has 5 heteroatoms. The van der Waals surface area contributed by atoms with Crippen molar-refractivity contribution in [1.82, 2.24) is 0 Å². The third kappa shape index (κ3) is 5.69. The second kappa shape index (κ2) is 6.68. The lowest BCUT2D eigenvalue weighted by Crippen LogP contribution is -1.99. The van der Waals surface area contributed by atoms with Crippen LogP contribution in [0.3, 0.4) is 0 Å². The molecule has 0 fully saturated rings. The third-order valence-electron chi connectivity index (χ3n) is 0.749. The molecule has 0 N–H and O–H groups in total. The van der Waals surface area contributed by atoms with Crippen molar-refractivity contribution in [1.29, 1.82) is 5.26 Å². The average molecular weight is 163 g/mol. The SMILES string of the molecule is COS(=O)OCCCC#N. The zero-order chi connectivity index (χ0) is 7.82. The van der Waals surface area contributed by atoms with Gasteiger partial charge in [0.05, 0.1) is 19.8 Å². The van der Waals surface area contributed by atoms with E-state index in [9.17, 15) is 4.21 Å². The second-order valence-electron chi connectivity index (χ2n) is 1.45. The smallest absolute Gasteiger partial charge is 0.272 e. The first-order chi connectivity index (χ1) is 4.81. The number of hydrogen-bond donors (Lipinski definition) is 0. The fourth-order valence-corrected chi connectivity index (χ4v) is 0.676. The van der Waals surface area contributed by atoms with Crippen molar-refractivity contribution in [2.45, 2.75) is 12.8 Å². The molecule has 0 aliphatic carbocycles. The quantitative estimate of drug-likeness (QED) is 0.555. The molecule has 10 heavy (non-hydrogen) atoms. The molecule has 58 valence electrons. The van der Waals surface area contributed by atoms with Gasteiger partial charge in [-0.1, -0.05) is 0 Å². The van der Waals surface area contributed by atoms with E-state index in [1.54, 1.807) is 0 Å². The zero-order valence-corrected chi connectivity index (χ0v) is 6.52. The van der Waals surface area contributed by atoms with Gasteiger partial charge in [-0.15, -0.1) is 0 Å². The lowest BCUT2D eigenvalue weighted by molar-refractivity contribution is 0.279. The molecule has 0 rings (SSSR count). The van der Waals surface area contributed by atoms with Gasteiger partial charge in [0.1, 0.15) is 0 Å². The van der Waals surface area contributed by atoms with Crippen LogP contribution in [0.25, 0.3) is 0 Å². The molecular formula is C5H9NO3S. The fraction of sp³-hybridized carbons (Fsp3) is 0.800. The van der Waals surface area contributed by atoms with E-state index in [1.807, 2.05) is 6.07 Å². The number of hydrogen-bond acceptors (Lipinski definition) is 4. The molecule has 0 aromatic carbocycles. The van der Waals surface area contributed by atoms with Gasteiger partial charge in [-0.25, -0.2) is 0 Å². The first-order valence-corrected chi connectivity index (χ1v) is 3.77. The van der Waals surface area contributed by atoms with E-state index >= 15 is 0 Å². The Morgan fingerprint density at radius 3 is 2.90 bits per heavy atom. The lowest BCUT2D eigenvalue weighted by atomic mass is 10.4. The van der Waals surface area contributed by atoms with Gasteiger partial charge in [0.25, 0.3) is 0 Å². The summed E-state index contributed by atoms with van der Waals surface area (Å²) in [5.41, 5.74) is 0. The molecule has 0 aromatic rings. The van der Waals surface area contributed by atoms with Crippen molar-refractivity contribution in [3.05, 3.63) is 0 Å². The van der Waals surface area contributed by atoms with Crippen LogP contribution in [0.2, 0.25) is 0 Å². The molecule has 0 aromatic heterocycles. The van der Waals surface area contributed by atoms with E-state index in [0.29, 0.717) is 19.4 Å². The van der Waals surface area contributed by atoms with Crippen molar-refractivity contribution in [2.24, 2.45) is 0 Å². The highest BCUT2D eigenvalue weighted by molar-refractivity contribution is 7.75. The number of nitriles is 1. The molecule has 0 saturated carbocycles. The maximum Gasteiger partial charge on any atom is 0.304 e. The second-order valence-corrected chi connectivity index (χ2v) is 2.43. The van der Waals surface area contributed by atoms with Gasteiger partial charge in [0.2, 0.25) is 0 Å². The van der Waals surface area contributed by atoms with Crippen molar-refractivity contribution < 1.29 is 12.6 Å². The standard InChI is InChI=1S/C5H9NO3S/c1-8-10(7)9-5-3-2-4-6/h2-3,5H2,1H3. The number of rotatable bonds is 5. The molecule has 0 bridgehead atoms. The summed E-state index contributed by atoms with van der Waals surface area (Å²) < 4.78 is 19.2. The zero-order valence-electron chi connectivity index (χ0n) is 5.70. The summed E-state index contributed by atoms with van der Waals surface area (Å²) in [6.07, 6.45) is 1.01. The van der Waals surface area contributed by atoms with E-state index in [4.69, 9.17) is 5.26 Å². The summed E-state index contributed by atoms with van der Waals surface area (Å²) in [7, 11) is 1.29. The molecular weight excluding hydrogens is 154 g/mol. The molecule has 4 nitrogen and oxygen atoms in total. The predicted octanol–water partition coefficient (Wildman–Crippen LogP) is 0.532. The van der Waals surface area contributed by atoms with Crippen LogP contribution in [-0.2, 0) is 19.7 Å². The van der Waals surface area contributed by atoms with Gasteiger partial charge < -0.3 is 0 Å². The Labute approximate surface area is 62.6 Å². The summed E-state index contributed by atoms with van der Waals surface area (Å²) in [5, 5.41) is 8.08. The maximum absolute atomic E-state index is 10.4. The van der Waals surface area contributed by atoms with Crippen LogP contribution in [-0.4, -0.2) is 17.9 Å². The average Bonchev–Trinajstić information content (AvgIpc) is 1.98. The third-order valence-corrected chi connectivity index (χ3v) is 1.38. The van der Waals surface area contributed by atoms with Crippen LogP contribution >= 0.6 is 0 Å². The van der Waals surface area contributed by atoms with Gasteiger partial charge in [0, 0.05) is 6.42 Å². The minimum atomic E-state index is -1.64. The summed E-state index contributed by atoms with van der Waals surface area (Å²) in [6, 6.07) is 1.94. The van der Waals surface area contributed by atoms with Crippen molar-refractivity contribution in [3.63, 3.8) is 0 Å². The van der Waals surface area contributed by atoms with Crippen molar-refractivity contribution in [3.8, 4) is 6.07 Å². The molecule has 1 unspecified atom stereocenters. The monoisotopic (exact) mass is 163 g/mol. The van der Waals surface area contributed by atoms with Crippen LogP contribution in [0.15, 0.2) is 0 Å². The van der Waals surface area contributed by atoms with Crippen LogP contribution in [0.5, 0.6) is 0 Å². The van der Waals surface area contributed by atoms with Crippen LogP contribution < -0.4 is 0 Å². The van der Waals surface area contributed by atoms with Crippen molar-refractivity contribution in [2.75, 3.05) is 13.7 Å². The topological polar surface area (TPSA) is 59.3 Å².